The Hall–Kier alpha value is -1.31. The SMILES string of the molecule is C=C/C=C(\C=C)C(=O)N(CC)CC. The highest BCUT2D eigenvalue weighted by Crippen LogP contribution is 2.03. The summed E-state index contributed by atoms with van der Waals surface area (Å²) in [5.74, 6) is 0.0138. The lowest BCUT2D eigenvalue weighted by atomic mass is 10.2. The number of hydrogen-bond acceptors (Lipinski definition) is 1. The summed E-state index contributed by atoms with van der Waals surface area (Å²) < 4.78 is 0. The van der Waals surface area contributed by atoms with Crippen LogP contribution in [0.2, 0.25) is 0 Å². The maximum absolute atomic E-state index is 11.7. The van der Waals surface area contributed by atoms with Crippen molar-refractivity contribution in [1.29, 1.82) is 0 Å². The lowest BCUT2D eigenvalue weighted by Crippen LogP contribution is -2.31. The zero-order valence-electron chi connectivity index (χ0n) is 8.42. The van der Waals surface area contributed by atoms with E-state index in [0.717, 1.165) is 13.1 Å². The third kappa shape index (κ3) is 3.28. The van der Waals surface area contributed by atoms with Crippen molar-refractivity contribution in [2.24, 2.45) is 0 Å². The zero-order valence-corrected chi connectivity index (χ0v) is 8.42. The van der Waals surface area contributed by atoms with Gasteiger partial charge in [0.2, 0.25) is 0 Å². The van der Waals surface area contributed by atoms with Crippen LogP contribution in [0.5, 0.6) is 0 Å². The molecule has 72 valence electrons. The molecule has 0 aliphatic heterocycles. The van der Waals surface area contributed by atoms with Gasteiger partial charge in [-0.3, -0.25) is 4.79 Å². The molecule has 0 radical (unpaired) electrons. The highest BCUT2D eigenvalue weighted by Gasteiger charge is 2.11. The van der Waals surface area contributed by atoms with Gasteiger partial charge in [-0.15, -0.1) is 0 Å². The van der Waals surface area contributed by atoms with Gasteiger partial charge < -0.3 is 4.90 Å². The summed E-state index contributed by atoms with van der Waals surface area (Å²) in [6.45, 7) is 12.5. The smallest absolute Gasteiger partial charge is 0.253 e. The van der Waals surface area contributed by atoms with Gasteiger partial charge in [-0.1, -0.05) is 31.4 Å². The molecular weight excluding hydrogens is 162 g/mol. The maximum atomic E-state index is 11.7. The molecule has 0 fully saturated rings. The van der Waals surface area contributed by atoms with Crippen LogP contribution in [0.15, 0.2) is 37.0 Å². The average molecular weight is 179 g/mol. The minimum Gasteiger partial charge on any atom is -0.339 e. The van der Waals surface area contributed by atoms with Crippen LogP contribution in [0.4, 0.5) is 0 Å². The molecule has 13 heavy (non-hydrogen) atoms. The number of rotatable bonds is 5. The minimum atomic E-state index is 0.0138. The highest BCUT2D eigenvalue weighted by atomic mass is 16.2. The molecule has 0 aromatic carbocycles. The number of hydrogen-bond donors (Lipinski definition) is 0. The number of carbonyl (C=O) groups excluding carboxylic acids is 1. The first-order valence-corrected chi connectivity index (χ1v) is 4.45. The molecule has 1 amide bonds. The molecule has 0 unspecified atom stereocenters. The summed E-state index contributed by atoms with van der Waals surface area (Å²) in [5.41, 5.74) is 0.596. The summed E-state index contributed by atoms with van der Waals surface area (Å²) in [5, 5.41) is 0. The van der Waals surface area contributed by atoms with Crippen LogP contribution >= 0.6 is 0 Å². The van der Waals surface area contributed by atoms with Gasteiger partial charge in [-0.25, -0.2) is 0 Å². The van der Waals surface area contributed by atoms with E-state index in [0.29, 0.717) is 5.57 Å². The fourth-order valence-electron chi connectivity index (χ4n) is 1.05. The molecule has 0 spiro atoms. The minimum absolute atomic E-state index is 0.0138. The lowest BCUT2D eigenvalue weighted by Gasteiger charge is -2.18. The van der Waals surface area contributed by atoms with Gasteiger partial charge in [-0.2, -0.15) is 0 Å². The first-order valence-electron chi connectivity index (χ1n) is 4.45. The van der Waals surface area contributed by atoms with Crippen LogP contribution in [0.1, 0.15) is 13.8 Å². The number of amides is 1. The molecular formula is C11H17NO. The Balaban J connectivity index is 4.62. The molecule has 0 aromatic heterocycles. The summed E-state index contributed by atoms with van der Waals surface area (Å²) >= 11 is 0. The molecule has 0 heterocycles. The van der Waals surface area contributed by atoms with Crippen molar-refractivity contribution in [2.75, 3.05) is 13.1 Å². The first-order chi connectivity index (χ1) is 6.21. The molecule has 0 N–H and O–H groups in total. The van der Waals surface area contributed by atoms with E-state index in [1.807, 2.05) is 13.8 Å². The predicted molar refractivity (Wildman–Crippen MR) is 56.4 cm³/mol. The Kier molecular flexibility index (Phi) is 5.60. The van der Waals surface area contributed by atoms with Crippen molar-refractivity contribution in [2.45, 2.75) is 13.8 Å². The predicted octanol–water partition coefficient (Wildman–Crippen LogP) is 2.15. The molecule has 2 heteroatoms. The fourth-order valence-corrected chi connectivity index (χ4v) is 1.05. The van der Waals surface area contributed by atoms with Gasteiger partial charge in [0.15, 0.2) is 0 Å². The molecule has 0 bridgehead atoms. The van der Waals surface area contributed by atoms with Crippen molar-refractivity contribution in [3.05, 3.63) is 37.0 Å². The zero-order chi connectivity index (χ0) is 10.3. The summed E-state index contributed by atoms with van der Waals surface area (Å²) in [6.07, 6.45) is 4.83. The van der Waals surface area contributed by atoms with Gasteiger partial charge in [-0.05, 0) is 13.8 Å². The van der Waals surface area contributed by atoms with Crippen LogP contribution in [0.25, 0.3) is 0 Å². The van der Waals surface area contributed by atoms with Crippen molar-refractivity contribution in [3.63, 3.8) is 0 Å². The third-order valence-electron chi connectivity index (χ3n) is 1.81. The van der Waals surface area contributed by atoms with E-state index in [2.05, 4.69) is 13.2 Å². The second kappa shape index (κ2) is 6.23. The van der Waals surface area contributed by atoms with Crippen molar-refractivity contribution < 1.29 is 4.79 Å². The Bertz CT molecular complexity index is 224. The molecule has 0 saturated carbocycles. The van der Waals surface area contributed by atoms with Crippen molar-refractivity contribution in [3.8, 4) is 0 Å². The number of nitrogens with zero attached hydrogens (tertiary/aromatic N) is 1. The number of allylic oxidation sites excluding steroid dienone is 2. The summed E-state index contributed by atoms with van der Waals surface area (Å²) in [4.78, 5) is 13.4. The second-order valence-corrected chi connectivity index (χ2v) is 2.54. The van der Waals surface area contributed by atoms with E-state index >= 15 is 0 Å². The van der Waals surface area contributed by atoms with E-state index in [4.69, 9.17) is 0 Å². The molecule has 0 aliphatic carbocycles. The Morgan fingerprint density at radius 2 is 1.85 bits per heavy atom. The molecule has 0 aliphatic rings. The van der Waals surface area contributed by atoms with E-state index < -0.39 is 0 Å². The monoisotopic (exact) mass is 179 g/mol. The Morgan fingerprint density at radius 1 is 1.31 bits per heavy atom. The van der Waals surface area contributed by atoms with Gasteiger partial charge in [0.25, 0.3) is 5.91 Å². The molecule has 2 nitrogen and oxygen atoms in total. The Morgan fingerprint density at radius 3 is 2.15 bits per heavy atom. The largest absolute Gasteiger partial charge is 0.339 e. The van der Waals surface area contributed by atoms with Crippen LogP contribution in [-0.2, 0) is 4.79 Å². The standard InChI is InChI=1S/C11H17NO/c1-5-9-10(6-2)11(13)12(7-3)8-4/h5-6,9H,1-2,7-8H2,3-4H3/b10-9+. The van der Waals surface area contributed by atoms with Crippen LogP contribution in [0.3, 0.4) is 0 Å². The summed E-state index contributed by atoms with van der Waals surface area (Å²) in [7, 11) is 0. The second-order valence-electron chi connectivity index (χ2n) is 2.54. The van der Waals surface area contributed by atoms with Gasteiger partial charge in [0, 0.05) is 18.7 Å². The van der Waals surface area contributed by atoms with Crippen LogP contribution < -0.4 is 0 Å². The molecule has 0 atom stereocenters. The van der Waals surface area contributed by atoms with Gasteiger partial charge in [0.05, 0.1) is 0 Å². The number of carbonyl (C=O) groups is 1. The fraction of sp³-hybridized carbons (Fsp3) is 0.364. The first kappa shape index (κ1) is 11.7. The topological polar surface area (TPSA) is 20.3 Å². The van der Waals surface area contributed by atoms with E-state index in [9.17, 15) is 4.79 Å². The van der Waals surface area contributed by atoms with E-state index in [-0.39, 0.29) is 5.91 Å². The highest BCUT2D eigenvalue weighted by molar-refractivity contribution is 5.96. The van der Waals surface area contributed by atoms with Crippen LogP contribution in [0, 0.1) is 0 Å². The molecule has 0 aromatic rings. The Labute approximate surface area is 80.2 Å². The van der Waals surface area contributed by atoms with E-state index in [1.54, 1.807) is 23.1 Å². The molecule has 0 rings (SSSR count). The average Bonchev–Trinajstić information content (AvgIpc) is 2.15. The quantitative estimate of drug-likeness (QED) is 0.468. The van der Waals surface area contributed by atoms with Crippen molar-refractivity contribution in [1.82, 2.24) is 4.90 Å². The lowest BCUT2D eigenvalue weighted by molar-refractivity contribution is -0.126. The van der Waals surface area contributed by atoms with E-state index in [1.165, 1.54) is 0 Å². The third-order valence-corrected chi connectivity index (χ3v) is 1.81. The number of likely N-dealkylation sites (N-methyl/N-ethyl adjacent to an activating group) is 1. The van der Waals surface area contributed by atoms with Gasteiger partial charge >= 0.3 is 0 Å². The van der Waals surface area contributed by atoms with Crippen LogP contribution in [-0.4, -0.2) is 23.9 Å². The normalized spacial score (nSPS) is 10.8. The van der Waals surface area contributed by atoms with Gasteiger partial charge in [0.1, 0.15) is 0 Å². The van der Waals surface area contributed by atoms with Crippen molar-refractivity contribution >= 4 is 5.91 Å². The summed E-state index contributed by atoms with van der Waals surface area (Å²) in [6, 6.07) is 0. The maximum Gasteiger partial charge on any atom is 0.253 e. The molecule has 0 saturated heterocycles.